The molecule has 8 heteroatoms. The van der Waals surface area contributed by atoms with Crippen LogP contribution in [0.5, 0.6) is 0 Å². The van der Waals surface area contributed by atoms with Gasteiger partial charge in [0.25, 0.3) is 5.91 Å². The molecule has 1 atom stereocenters. The topological polar surface area (TPSA) is 62.2 Å². The lowest BCUT2D eigenvalue weighted by atomic mass is 10.1. The van der Waals surface area contributed by atoms with Crippen molar-refractivity contribution in [1.29, 1.82) is 0 Å². The second-order valence-corrected chi connectivity index (χ2v) is 6.34. The number of carbonyl (C=O) groups is 1. The third-order valence-electron chi connectivity index (χ3n) is 4.62. The minimum atomic E-state index is -0.0519. The molecule has 1 unspecified atom stereocenters. The van der Waals surface area contributed by atoms with Crippen LogP contribution in [0.3, 0.4) is 0 Å². The number of likely N-dealkylation sites (tertiary alicyclic amines) is 1. The molecule has 6 nitrogen and oxygen atoms in total. The minimum Gasteiger partial charge on any atom is -0.351 e. The molecule has 2 aliphatic rings. The van der Waals surface area contributed by atoms with Crippen LogP contribution in [0.15, 0.2) is 12.3 Å². The van der Waals surface area contributed by atoms with E-state index in [1.165, 1.54) is 32.4 Å². The first-order valence-corrected chi connectivity index (χ1v) is 8.59. The van der Waals surface area contributed by atoms with Gasteiger partial charge in [0.2, 0.25) is 0 Å². The maximum atomic E-state index is 12.1. The van der Waals surface area contributed by atoms with Gasteiger partial charge < -0.3 is 15.5 Å². The summed E-state index contributed by atoms with van der Waals surface area (Å²) in [6.45, 7) is 6.28. The molecule has 1 aromatic heterocycles. The van der Waals surface area contributed by atoms with Gasteiger partial charge in [0.1, 0.15) is 5.69 Å². The van der Waals surface area contributed by atoms with Gasteiger partial charge in [-0.2, -0.15) is 5.10 Å². The van der Waals surface area contributed by atoms with Crippen molar-refractivity contribution in [3.63, 3.8) is 0 Å². The van der Waals surface area contributed by atoms with Crippen molar-refractivity contribution < 1.29 is 4.79 Å². The average molecular weight is 378 g/mol. The SMILES string of the molecule is Cl.Cl.O=C(NCCCN1CCCC1)c1ccn(C2CCCNC2)n1. The summed E-state index contributed by atoms with van der Waals surface area (Å²) in [5.41, 5.74) is 0.534. The van der Waals surface area contributed by atoms with E-state index in [2.05, 4.69) is 20.6 Å². The summed E-state index contributed by atoms with van der Waals surface area (Å²) in [5, 5.41) is 10.8. The van der Waals surface area contributed by atoms with Crippen LogP contribution in [0.2, 0.25) is 0 Å². The van der Waals surface area contributed by atoms with Gasteiger partial charge in [-0.1, -0.05) is 0 Å². The molecule has 3 heterocycles. The fourth-order valence-electron chi connectivity index (χ4n) is 3.32. The highest BCUT2D eigenvalue weighted by Gasteiger charge is 2.17. The van der Waals surface area contributed by atoms with Gasteiger partial charge in [0, 0.05) is 19.3 Å². The summed E-state index contributed by atoms with van der Waals surface area (Å²) in [6.07, 6.45) is 7.88. The Morgan fingerprint density at radius 1 is 1.29 bits per heavy atom. The molecule has 2 N–H and O–H groups in total. The van der Waals surface area contributed by atoms with Crippen LogP contribution in [-0.2, 0) is 0 Å². The van der Waals surface area contributed by atoms with Crippen molar-refractivity contribution in [2.75, 3.05) is 39.3 Å². The molecule has 2 aliphatic heterocycles. The van der Waals surface area contributed by atoms with E-state index in [0.29, 0.717) is 11.7 Å². The summed E-state index contributed by atoms with van der Waals surface area (Å²) in [5.74, 6) is -0.0519. The molecule has 0 spiro atoms. The monoisotopic (exact) mass is 377 g/mol. The van der Waals surface area contributed by atoms with Crippen LogP contribution in [-0.4, -0.2) is 59.9 Å². The van der Waals surface area contributed by atoms with E-state index < -0.39 is 0 Å². The van der Waals surface area contributed by atoms with Crippen molar-refractivity contribution in [2.24, 2.45) is 0 Å². The van der Waals surface area contributed by atoms with E-state index in [1.807, 2.05) is 16.9 Å². The van der Waals surface area contributed by atoms with Crippen molar-refractivity contribution in [3.8, 4) is 0 Å². The zero-order valence-electron chi connectivity index (χ0n) is 14.1. The predicted octanol–water partition coefficient (Wildman–Crippen LogP) is 1.87. The van der Waals surface area contributed by atoms with Crippen LogP contribution in [0, 0.1) is 0 Å². The number of amides is 1. The Kier molecular flexibility index (Phi) is 9.66. The molecule has 24 heavy (non-hydrogen) atoms. The Morgan fingerprint density at radius 2 is 2.08 bits per heavy atom. The number of hydrogen-bond donors (Lipinski definition) is 2. The van der Waals surface area contributed by atoms with Gasteiger partial charge in [-0.15, -0.1) is 24.8 Å². The maximum absolute atomic E-state index is 12.1. The lowest BCUT2D eigenvalue weighted by Crippen LogP contribution is -2.32. The minimum absolute atomic E-state index is 0. The predicted molar refractivity (Wildman–Crippen MR) is 100 cm³/mol. The van der Waals surface area contributed by atoms with Crippen molar-refractivity contribution >= 4 is 30.7 Å². The van der Waals surface area contributed by atoms with E-state index in [4.69, 9.17) is 0 Å². The second-order valence-electron chi connectivity index (χ2n) is 6.34. The van der Waals surface area contributed by atoms with E-state index in [1.54, 1.807) is 0 Å². The number of aromatic nitrogens is 2. The van der Waals surface area contributed by atoms with Crippen LogP contribution in [0.4, 0.5) is 0 Å². The van der Waals surface area contributed by atoms with E-state index in [0.717, 1.165) is 39.0 Å². The molecule has 0 saturated carbocycles. The maximum Gasteiger partial charge on any atom is 0.271 e. The number of nitrogens with one attached hydrogen (secondary N) is 2. The highest BCUT2D eigenvalue weighted by Crippen LogP contribution is 2.15. The number of piperidine rings is 1. The highest BCUT2D eigenvalue weighted by atomic mass is 35.5. The Morgan fingerprint density at radius 3 is 2.79 bits per heavy atom. The summed E-state index contributed by atoms with van der Waals surface area (Å²) in [7, 11) is 0. The lowest BCUT2D eigenvalue weighted by Gasteiger charge is -2.22. The van der Waals surface area contributed by atoms with Gasteiger partial charge >= 0.3 is 0 Å². The first kappa shape index (κ1) is 21.2. The quantitative estimate of drug-likeness (QED) is 0.742. The Labute approximate surface area is 156 Å². The summed E-state index contributed by atoms with van der Waals surface area (Å²) >= 11 is 0. The fraction of sp³-hybridized carbons (Fsp3) is 0.750. The van der Waals surface area contributed by atoms with Crippen molar-refractivity contribution in [2.45, 2.75) is 38.1 Å². The molecule has 0 radical (unpaired) electrons. The van der Waals surface area contributed by atoms with Gasteiger partial charge in [0.05, 0.1) is 6.04 Å². The lowest BCUT2D eigenvalue weighted by molar-refractivity contribution is 0.0945. The Bertz CT molecular complexity index is 485. The molecule has 2 saturated heterocycles. The smallest absolute Gasteiger partial charge is 0.271 e. The van der Waals surface area contributed by atoms with E-state index >= 15 is 0 Å². The molecule has 0 aromatic carbocycles. The van der Waals surface area contributed by atoms with Crippen LogP contribution in [0.25, 0.3) is 0 Å². The normalized spacial score (nSPS) is 20.9. The fourth-order valence-corrected chi connectivity index (χ4v) is 3.32. The van der Waals surface area contributed by atoms with Gasteiger partial charge in [-0.05, 0) is 64.3 Å². The van der Waals surface area contributed by atoms with Gasteiger partial charge in [0.15, 0.2) is 0 Å². The largest absolute Gasteiger partial charge is 0.351 e. The highest BCUT2D eigenvalue weighted by molar-refractivity contribution is 5.92. The van der Waals surface area contributed by atoms with Crippen LogP contribution < -0.4 is 10.6 Å². The second kappa shape index (κ2) is 10.9. The summed E-state index contributed by atoms with van der Waals surface area (Å²) in [6, 6.07) is 2.20. The van der Waals surface area contributed by atoms with Crippen molar-refractivity contribution in [3.05, 3.63) is 18.0 Å². The molecule has 1 aromatic rings. The van der Waals surface area contributed by atoms with E-state index in [9.17, 15) is 4.79 Å². The molecule has 0 aliphatic carbocycles. The number of carbonyl (C=O) groups excluding carboxylic acids is 1. The van der Waals surface area contributed by atoms with Gasteiger partial charge in [-0.3, -0.25) is 9.48 Å². The standard InChI is InChI=1S/C16H27N5O.2ClH/c22-16(18-8-4-11-20-9-1-2-10-20)15-6-12-21(19-15)14-5-3-7-17-13-14;;/h6,12,14,17H,1-5,7-11,13H2,(H,18,22);2*1H. The zero-order valence-corrected chi connectivity index (χ0v) is 15.7. The average Bonchev–Trinajstić information content (AvgIpc) is 3.24. The Hall–Kier alpha value is -0.820. The molecule has 2 fully saturated rings. The zero-order chi connectivity index (χ0) is 15.2. The Balaban J connectivity index is 0.00000144. The number of hydrogen-bond acceptors (Lipinski definition) is 4. The third kappa shape index (κ3) is 5.92. The molecule has 0 bridgehead atoms. The van der Waals surface area contributed by atoms with Crippen molar-refractivity contribution in [1.82, 2.24) is 25.3 Å². The molecular formula is C16H29Cl2N5O. The number of rotatable bonds is 6. The third-order valence-corrected chi connectivity index (χ3v) is 4.62. The molecule has 1 amide bonds. The molecule has 3 rings (SSSR count). The molecular weight excluding hydrogens is 349 g/mol. The van der Waals surface area contributed by atoms with Gasteiger partial charge in [-0.25, -0.2) is 0 Å². The number of nitrogens with zero attached hydrogens (tertiary/aromatic N) is 3. The van der Waals surface area contributed by atoms with Crippen LogP contribution >= 0.6 is 24.8 Å². The molecule has 138 valence electrons. The van der Waals surface area contributed by atoms with E-state index in [-0.39, 0.29) is 30.7 Å². The first-order chi connectivity index (χ1) is 10.8. The summed E-state index contributed by atoms with van der Waals surface area (Å²) in [4.78, 5) is 14.6. The number of halogens is 2. The first-order valence-electron chi connectivity index (χ1n) is 8.59. The van der Waals surface area contributed by atoms with Crippen LogP contribution in [0.1, 0.15) is 48.6 Å². The summed E-state index contributed by atoms with van der Waals surface area (Å²) < 4.78 is 1.94.